The molecule has 2 aliphatic heterocycles. The van der Waals surface area contributed by atoms with Crippen LogP contribution in [0.1, 0.15) is 29.9 Å². The van der Waals surface area contributed by atoms with E-state index in [4.69, 9.17) is 0 Å². The zero-order chi connectivity index (χ0) is 16.4. The summed E-state index contributed by atoms with van der Waals surface area (Å²) in [5.41, 5.74) is 9.68. The first kappa shape index (κ1) is 15.5. The van der Waals surface area contributed by atoms with E-state index in [0.717, 1.165) is 25.6 Å². The standard InChI is InChI=1S/C19H25N5/c1-14-5-7-15(8-6-14)17-12-22-23-18(17)16-4-2-11-24(13-16)19-20-9-3-10-21-19/h3,5-10,16-18,22-23H,2,4,11-13H2,1H3. The van der Waals surface area contributed by atoms with E-state index in [-0.39, 0.29) is 0 Å². The maximum absolute atomic E-state index is 4.43. The molecule has 3 unspecified atom stereocenters. The summed E-state index contributed by atoms with van der Waals surface area (Å²) < 4.78 is 0. The van der Waals surface area contributed by atoms with Crippen molar-refractivity contribution in [2.45, 2.75) is 31.7 Å². The molecule has 5 heteroatoms. The zero-order valence-electron chi connectivity index (χ0n) is 14.2. The summed E-state index contributed by atoms with van der Waals surface area (Å²) >= 11 is 0. The Labute approximate surface area is 143 Å². The van der Waals surface area contributed by atoms with Crippen LogP contribution in [0.25, 0.3) is 0 Å². The van der Waals surface area contributed by atoms with Crippen LogP contribution in [0.2, 0.25) is 0 Å². The van der Waals surface area contributed by atoms with Crippen LogP contribution in [0, 0.1) is 12.8 Å². The van der Waals surface area contributed by atoms with Gasteiger partial charge < -0.3 is 4.90 Å². The minimum Gasteiger partial charge on any atom is -0.340 e. The lowest BCUT2D eigenvalue weighted by Gasteiger charge is -2.37. The molecule has 4 rings (SSSR count). The van der Waals surface area contributed by atoms with Crippen molar-refractivity contribution in [2.75, 3.05) is 24.5 Å². The predicted molar refractivity (Wildman–Crippen MR) is 95.8 cm³/mol. The molecular weight excluding hydrogens is 298 g/mol. The van der Waals surface area contributed by atoms with E-state index in [0.29, 0.717) is 17.9 Å². The average molecular weight is 323 g/mol. The van der Waals surface area contributed by atoms with Crippen LogP contribution in [0.3, 0.4) is 0 Å². The number of aromatic nitrogens is 2. The van der Waals surface area contributed by atoms with E-state index in [9.17, 15) is 0 Å². The number of hydrazine groups is 1. The van der Waals surface area contributed by atoms with Crippen LogP contribution in [0.15, 0.2) is 42.7 Å². The number of rotatable bonds is 3. The van der Waals surface area contributed by atoms with Gasteiger partial charge in [0.2, 0.25) is 5.95 Å². The minimum absolute atomic E-state index is 0.458. The summed E-state index contributed by atoms with van der Waals surface area (Å²) in [6.07, 6.45) is 6.11. The number of piperidine rings is 1. The zero-order valence-corrected chi connectivity index (χ0v) is 14.2. The number of hydrogen-bond donors (Lipinski definition) is 2. The highest BCUT2D eigenvalue weighted by molar-refractivity contribution is 5.31. The van der Waals surface area contributed by atoms with Crippen LogP contribution in [-0.4, -0.2) is 35.6 Å². The van der Waals surface area contributed by atoms with Gasteiger partial charge in [-0.1, -0.05) is 29.8 Å². The molecule has 0 bridgehead atoms. The van der Waals surface area contributed by atoms with Gasteiger partial charge in [0.1, 0.15) is 0 Å². The van der Waals surface area contributed by atoms with Gasteiger partial charge in [-0.15, -0.1) is 0 Å². The van der Waals surface area contributed by atoms with Crippen molar-refractivity contribution in [3.8, 4) is 0 Å². The molecule has 2 aromatic rings. The lowest BCUT2D eigenvalue weighted by molar-refractivity contribution is 0.303. The number of anilines is 1. The molecule has 5 nitrogen and oxygen atoms in total. The van der Waals surface area contributed by atoms with Gasteiger partial charge in [-0.3, -0.25) is 10.9 Å². The first-order valence-corrected chi connectivity index (χ1v) is 8.88. The van der Waals surface area contributed by atoms with Crippen molar-refractivity contribution in [1.29, 1.82) is 0 Å². The van der Waals surface area contributed by atoms with Crippen LogP contribution in [-0.2, 0) is 0 Å². The summed E-state index contributed by atoms with van der Waals surface area (Å²) in [5, 5.41) is 0. The van der Waals surface area contributed by atoms with Crippen molar-refractivity contribution in [3.63, 3.8) is 0 Å². The summed E-state index contributed by atoms with van der Waals surface area (Å²) in [5.74, 6) is 1.98. The minimum atomic E-state index is 0.458. The Kier molecular flexibility index (Phi) is 4.45. The summed E-state index contributed by atoms with van der Waals surface area (Å²) in [4.78, 5) is 11.2. The molecule has 3 atom stereocenters. The first-order chi connectivity index (χ1) is 11.8. The molecule has 0 spiro atoms. The molecule has 2 saturated heterocycles. The number of nitrogens with zero attached hydrogens (tertiary/aromatic N) is 3. The fraction of sp³-hybridized carbons (Fsp3) is 0.474. The summed E-state index contributed by atoms with van der Waals surface area (Å²) in [6, 6.07) is 11.3. The molecule has 1 aromatic carbocycles. The highest BCUT2D eigenvalue weighted by Crippen LogP contribution is 2.32. The second-order valence-electron chi connectivity index (χ2n) is 6.97. The van der Waals surface area contributed by atoms with Gasteiger partial charge in [0.15, 0.2) is 0 Å². The molecule has 24 heavy (non-hydrogen) atoms. The Balaban J connectivity index is 1.50. The molecule has 0 saturated carbocycles. The highest BCUT2D eigenvalue weighted by atomic mass is 15.4. The maximum atomic E-state index is 4.43. The Morgan fingerprint density at radius 1 is 1.12 bits per heavy atom. The lowest BCUT2D eigenvalue weighted by atomic mass is 9.81. The molecule has 2 fully saturated rings. The third kappa shape index (κ3) is 3.14. The molecule has 0 aliphatic carbocycles. The van der Waals surface area contributed by atoms with Crippen molar-refractivity contribution in [3.05, 3.63) is 53.9 Å². The maximum Gasteiger partial charge on any atom is 0.225 e. The van der Waals surface area contributed by atoms with Gasteiger partial charge in [0, 0.05) is 44.0 Å². The molecule has 0 amide bonds. The molecule has 1 aromatic heterocycles. The van der Waals surface area contributed by atoms with E-state index < -0.39 is 0 Å². The first-order valence-electron chi connectivity index (χ1n) is 8.88. The topological polar surface area (TPSA) is 53.1 Å². The van der Waals surface area contributed by atoms with Gasteiger partial charge in [-0.05, 0) is 37.3 Å². The van der Waals surface area contributed by atoms with Gasteiger partial charge >= 0.3 is 0 Å². The molecule has 2 aliphatic rings. The lowest BCUT2D eigenvalue weighted by Crippen LogP contribution is -2.47. The second kappa shape index (κ2) is 6.87. The fourth-order valence-electron chi connectivity index (χ4n) is 4.04. The van der Waals surface area contributed by atoms with Crippen molar-refractivity contribution >= 4 is 5.95 Å². The normalized spacial score (nSPS) is 27.4. The van der Waals surface area contributed by atoms with E-state index >= 15 is 0 Å². The second-order valence-corrected chi connectivity index (χ2v) is 6.97. The van der Waals surface area contributed by atoms with E-state index in [1.165, 1.54) is 24.0 Å². The Morgan fingerprint density at radius 3 is 2.71 bits per heavy atom. The summed E-state index contributed by atoms with van der Waals surface area (Å²) in [7, 11) is 0. The van der Waals surface area contributed by atoms with E-state index in [1.54, 1.807) is 0 Å². The molecular formula is C19H25N5. The quantitative estimate of drug-likeness (QED) is 0.907. The number of nitrogens with one attached hydrogen (secondary N) is 2. The van der Waals surface area contributed by atoms with Crippen LogP contribution >= 0.6 is 0 Å². The number of aryl methyl sites for hydroxylation is 1. The predicted octanol–water partition coefficient (Wildman–Crippen LogP) is 2.26. The van der Waals surface area contributed by atoms with Crippen LogP contribution < -0.4 is 15.8 Å². The monoisotopic (exact) mass is 323 g/mol. The van der Waals surface area contributed by atoms with E-state index in [1.807, 2.05) is 18.5 Å². The van der Waals surface area contributed by atoms with Crippen LogP contribution in [0.4, 0.5) is 5.95 Å². The Hall–Kier alpha value is -1.98. The summed E-state index contributed by atoms with van der Waals surface area (Å²) in [6.45, 7) is 5.21. The average Bonchev–Trinajstić information content (AvgIpc) is 3.13. The third-order valence-corrected chi connectivity index (χ3v) is 5.33. The fourth-order valence-corrected chi connectivity index (χ4v) is 4.04. The van der Waals surface area contributed by atoms with Crippen LogP contribution in [0.5, 0.6) is 0 Å². The SMILES string of the molecule is Cc1ccc(C2CNNC2C2CCCN(c3ncccn3)C2)cc1. The number of hydrogen-bond acceptors (Lipinski definition) is 5. The van der Waals surface area contributed by atoms with Gasteiger partial charge in [-0.2, -0.15) is 0 Å². The number of benzene rings is 1. The smallest absolute Gasteiger partial charge is 0.225 e. The molecule has 2 N–H and O–H groups in total. The Morgan fingerprint density at radius 2 is 1.92 bits per heavy atom. The van der Waals surface area contributed by atoms with Gasteiger partial charge in [0.05, 0.1) is 0 Å². The highest BCUT2D eigenvalue weighted by Gasteiger charge is 2.37. The largest absolute Gasteiger partial charge is 0.340 e. The molecule has 126 valence electrons. The van der Waals surface area contributed by atoms with Crippen molar-refractivity contribution in [1.82, 2.24) is 20.8 Å². The molecule has 3 heterocycles. The Bertz CT molecular complexity index is 657. The third-order valence-electron chi connectivity index (χ3n) is 5.33. The van der Waals surface area contributed by atoms with Gasteiger partial charge in [0.25, 0.3) is 0 Å². The van der Waals surface area contributed by atoms with Crippen molar-refractivity contribution in [2.24, 2.45) is 5.92 Å². The van der Waals surface area contributed by atoms with E-state index in [2.05, 4.69) is 56.9 Å². The van der Waals surface area contributed by atoms with Crippen molar-refractivity contribution < 1.29 is 0 Å². The molecule has 0 radical (unpaired) electrons. The van der Waals surface area contributed by atoms with Gasteiger partial charge in [-0.25, -0.2) is 9.97 Å².